The first-order valence-corrected chi connectivity index (χ1v) is 24.7. The monoisotopic (exact) mass is 976 g/mol. The number of H-pyrrole nitrogens is 2. The summed E-state index contributed by atoms with van der Waals surface area (Å²) in [6, 6.07) is 5.12. The molecule has 1 unspecified atom stereocenters. The molecule has 1 aromatic carbocycles. The van der Waals surface area contributed by atoms with Crippen LogP contribution in [0.15, 0.2) is 43.0 Å². The number of nitrogens with zero attached hydrogens (tertiary/aromatic N) is 5. The lowest BCUT2D eigenvalue weighted by Gasteiger charge is -2.31. The largest absolute Gasteiger partial charge is 0.480 e. The molecule has 2 aliphatic heterocycles. The molecule has 22 nitrogen and oxygen atoms in total. The number of rotatable bonds is 16. The number of carbonyl (C=O) groups excluding carboxylic acids is 5. The highest BCUT2D eigenvalue weighted by molar-refractivity contribution is 6.05. The maximum absolute atomic E-state index is 14.4. The highest BCUT2D eigenvalue weighted by Crippen LogP contribution is 2.20. The summed E-state index contributed by atoms with van der Waals surface area (Å²) in [5.74, 6) is -2.74. The summed E-state index contributed by atoms with van der Waals surface area (Å²) in [5.41, 5.74) is 8.02. The molecule has 2 saturated heterocycles. The van der Waals surface area contributed by atoms with E-state index >= 15 is 0 Å². The SMILES string of the molecule is CN1CCN(C)CCN(CC(=O)CCNC2CC(=O)NCCCCCN[C@@H](Cc3c[nH]c4ccccc34)C(=O)N[C@@H](CCCNC(=N)N)C(=O)CC(=O)[C@H](Cc3cnc[nH]3)N2)CCN(CC(=O)O)CC1. The van der Waals surface area contributed by atoms with Crippen LogP contribution in [0.5, 0.6) is 0 Å². The minimum atomic E-state index is -1.03. The summed E-state index contributed by atoms with van der Waals surface area (Å²) >= 11 is 0. The van der Waals surface area contributed by atoms with Gasteiger partial charge in [0.15, 0.2) is 17.5 Å². The second kappa shape index (κ2) is 29.5. The van der Waals surface area contributed by atoms with Crippen molar-refractivity contribution in [3.63, 3.8) is 0 Å². The number of para-hydroxylation sites is 1. The van der Waals surface area contributed by atoms with Gasteiger partial charge in [-0.05, 0) is 64.4 Å². The minimum Gasteiger partial charge on any atom is -0.480 e. The number of nitrogens with one attached hydrogen (secondary N) is 9. The van der Waals surface area contributed by atoms with Crippen molar-refractivity contribution in [2.24, 2.45) is 5.73 Å². The number of carboxylic acid groups (broad SMARTS) is 1. The number of nitrogens with two attached hydrogens (primary N) is 1. The van der Waals surface area contributed by atoms with Crippen LogP contribution in [0.3, 0.4) is 0 Å². The maximum Gasteiger partial charge on any atom is 0.317 e. The number of hydrogen-bond acceptors (Lipinski definition) is 15. The van der Waals surface area contributed by atoms with Crippen LogP contribution in [-0.2, 0) is 41.6 Å². The smallest absolute Gasteiger partial charge is 0.317 e. The average molecular weight is 976 g/mol. The quantitative estimate of drug-likeness (QED) is 0.0355. The van der Waals surface area contributed by atoms with Gasteiger partial charge in [0, 0.05) is 114 Å². The van der Waals surface area contributed by atoms with Crippen molar-refractivity contribution >= 4 is 52.0 Å². The molecular formula is C48H77N15O7. The number of benzene rings is 1. The number of hydrogen-bond donors (Lipinski definition) is 11. The second-order valence-corrected chi connectivity index (χ2v) is 18.7. The molecule has 22 heteroatoms. The second-order valence-electron chi connectivity index (χ2n) is 18.7. The first-order chi connectivity index (χ1) is 33.7. The van der Waals surface area contributed by atoms with Crippen molar-refractivity contribution in [3.8, 4) is 0 Å². The van der Waals surface area contributed by atoms with E-state index in [1.54, 1.807) is 6.20 Å². The van der Waals surface area contributed by atoms with Gasteiger partial charge in [0.05, 0.1) is 56.5 Å². The molecule has 2 aromatic heterocycles. The number of aromatic amines is 2. The normalized spacial score (nSPS) is 22.7. The maximum atomic E-state index is 14.4. The Kier molecular flexibility index (Phi) is 23.3. The van der Waals surface area contributed by atoms with E-state index in [0.717, 1.165) is 55.5 Å². The Morgan fingerprint density at radius 1 is 0.843 bits per heavy atom. The van der Waals surface area contributed by atoms with Gasteiger partial charge >= 0.3 is 5.97 Å². The first-order valence-electron chi connectivity index (χ1n) is 24.7. The molecule has 4 heterocycles. The molecule has 2 fully saturated rings. The number of carbonyl (C=O) groups is 6. The average Bonchev–Trinajstić information content (AvgIpc) is 3.99. The van der Waals surface area contributed by atoms with E-state index in [4.69, 9.17) is 11.1 Å². The van der Waals surface area contributed by atoms with Crippen LogP contribution < -0.4 is 37.6 Å². The highest BCUT2D eigenvalue weighted by atomic mass is 16.4. The fourth-order valence-corrected chi connectivity index (χ4v) is 8.73. The van der Waals surface area contributed by atoms with Gasteiger partial charge in [0.1, 0.15) is 5.78 Å². The Hall–Kier alpha value is -5.62. The number of ketones is 3. The van der Waals surface area contributed by atoms with Crippen molar-refractivity contribution in [3.05, 3.63) is 54.2 Å². The van der Waals surface area contributed by atoms with Crippen LogP contribution in [0.4, 0.5) is 0 Å². The Bertz CT molecular complexity index is 2130. The highest BCUT2D eigenvalue weighted by Gasteiger charge is 2.31. The van der Waals surface area contributed by atoms with Crippen molar-refractivity contribution in [1.82, 2.24) is 66.5 Å². The number of fused-ring (bicyclic) bond motifs is 1. The molecule has 0 bridgehead atoms. The number of aliphatic carboxylic acids is 1. The van der Waals surface area contributed by atoms with Crippen molar-refractivity contribution in [2.75, 3.05) is 106 Å². The molecule has 70 heavy (non-hydrogen) atoms. The molecule has 386 valence electrons. The molecule has 0 radical (unpaired) electrons. The van der Waals surface area contributed by atoms with Gasteiger partial charge in [-0.2, -0.15) is 0 Å². The third-order valence-corrected chi connectivity index (χ3v) is 12.9. The lowest BCUT2D eigenvalue weighted by molar-refractivity contribution is -0.138. The van der Waals surface area contributed by atoms with Crippen molar-refractivity contribution in [2.45, 2.75) is 88.5 Å². The Morgan fingerprint density at radius 3 is 2.24 bits per heavy atom. The summed E-state index contributed by atoms with van der Waals surface area (Å²) in [6.45, 7) is 6.86. The van der Waals surface area contributed by atoms with Crippen LogP contribution in [0.2, 0.25) is 0 Å². The number of amides is 2. The van der Waals surface area contributed by atoms with Crippen LogP contribution in [0.25, 0.3) is 10.9 Å². The summed E-state index contributed by atoms with van der Waals surface area (Å²) in [5, 5.41) is 36.9. The van der Waals surface area contributed by atoms with Crippen molar-refractivity contribution in [1.29, 1.82) is 5.41 Å². The van der Waals surface area contributed by atoms with Gasteiger partial charge in [-0.1, -0.05) is 24.6 Å². The van der Waals surface area contributed by atoms with E-state index in [1.807, 2.05) is 42.4 Å². The molecule has 5 rings (SSSR count). The zero-order valence-corrected chi connectivity index (χ0v) is 41.0. The molecule has 0 aliphatic carbocycles. The topological polar surface area (TPSA) is 302 Å². The molecule has 4 atom stereocenters. The van der Waals surface area contributed by atoms with E-state index in [1.165, 1.54) is 6.33 Å². The fourth-order valence-electron chi connectivity index (χ4n) is 8.73. The molecule has 3 aromatic rings. The first kappa shape index (κ1) is 55.3. The van der Waals surface area contributed by atoms with E-state index in [9.17, 15) is 33.9 Å². The summed E-state index contributed by atoms with van der Waals surface area (Å²) in [7, 11) is 4.08. The van der Waals surface area contributed by atoms with E-state index in [-0.39, 0.29) is 75.4 Å². The molecular weight excluding hydrogens is 899 g/mol. The van der Waals surface area contributed by atoms with Gasteiger partial charge < -0.3 is 57.2 Å². The van der Waals surface area contributed by atoms with Crippen molar-refractivity contribution < 1.29 is 33.9 Å². The zero-order chi connectivity index (χ0) is 50.3. The fraction of sp³-hybridized carbons (Fsp3) is 0.625. The predicted molar refractivity (Wildman–Crippen MR) is 267 cm³/mol. The molecule has 0 saturated carbocycles. The predicted octanol–water partition coefficient (Wildman–Crippen LogP) is -1.00. The summed E-state index contributed by atoms with van der Waals surface area (Å²) in [4.78, 5) is 101. The van der Waals surface area contributed by atoms with Gasteiger partial charge in [-0.25, -0.2) is 4.98 Å². The van der Waals surface area contributed by atoms with Crippen LogP contribution in [-0.4, -0.2) is 211 Å². The van der Waals surface area contributed by atoms with E-state index < -0.39 is 48.2 Å². The minimum absolute atomic E-state index is 0.0345. The van der Waals surface area contributed by atoms with Gasteiger partial charge in [-0.3, -0.25) is 49.3 Å². The van der Waals surface area contributed by atoms with E-state index in [0.29, 0.717) is 64.2 Å². The van der Waals surface area contributed by atoms with Gasteiger partial charge in [-0.15, -0.1) is 0 Å². The Labute approximate surface area is 410 Å². The number of likely N-dealkylation sites (N-methyl/N-ethyl adjacent to an activating group) is 2. The number of guanidine groups is 1. The molecule has 2 aliphatic rings. The number of aromatic nitrogens is 3. The summed E-state index contributed by atoms with van der Waals surface area (Å²) in [6.07, 6.45) is 6.90. The Morgan fingerprint density at radius 2 is 1.53 bits per heavy atom. The molecule has 2 amide bonds. The van der Waals surface area contributed by atoms with Crippen LogP contribution in [0, 0.1) is 5.41 Å². The van der Waals surface area contributed by atoms with Crippen LogP contribution >= 0.6 is 0 Å². The third-order valence-electron chi connectivity index (χ3n) is 12.9. The Balaban J connectivity index is 1.31. The third kappa shape index (κ3) is 20.0. The zero-order valence-electron chi connectivity index (χ0n) is 41.0. The number of carboxylic acids is 1. The molecule has 0 spiro atoms. The summed E-state index contributed by atoms with van der Waals surface area (Å²) < 4.78 is 0. The molecule has 12 N–H and O–H groups in total. The standard InChI is InChI=1S/C48H77N15O7/c1-60-17-18-61(2)20-22-63(32-46(68)69)24-23-62(21-19-60)31-36(64)12-16-53-44-28-45(67)54-14-7-3-6-13-52-41(25-34-29-56-38-10-5-4-9-37(34)38)47(70)59-39(11-8-15-55-48(49)50)42(65)27-43(66)40(58-44)26-35-30-51-33-57-35/h4-5,9-10,29-30,33,39-41,44,52-53,56,58H,3,6-8,11-28,31-32H2,1-2H3,(H,51,57)(H,54,67)(H,59,70)(H,68,69)(H4,49,50,55)/t39-,40-,41-,44?/m0/s1. The lowest BCUT2D eigenvalue weighted by atomic mass is 9.96. The van der Waals surface area contributed by atoms with Crippen LogP contribution in [0.1, 0.15) is 62.6 Å². The van der Waals surface area contributed by atoms with Gasteiger partial charge in [0.2, 0.25) is 11.8 Å². The van der Waals surface area contributed by atoms with Gasteiger partial charge in [0.25, 0.3) is 0 Å². The number of imidazole rings is 1. The number of Topliss-reactive ketones (excluding diaryl/α,β-unsaturated/α-hetero) is 3. The lowest BCUT2D eigenvalue weighted by Crippen LogP contribution is -2.54. The van der Waals surface area contributed by atoms with E-state index in [2.05, 4.69) is 68.6 Å².